The van der Waals surface area contributed by atoms with Gasteiger partial charge in [0.2, 0.25) is 0 Å². The molecule has 2 heterocycles. The average molecular weight is 386 g/mol. The Morgan fingerprint density at radius 3 is 2.70 bits per heavy atom. The van der Waals surface area contributed by atoms with Gasteiger partial charge in [-0.15, -0.1) is 0 Å². The molecule has 0 saturated carbocycles. The summed E-state index contributed by atoms with van der Waals surface area (Å²) >= 11 is 0. The molecule has 1 aromatic carbocycles. The van der Waals surface area contributed by atoms with E-state index in [0.29, 0.717) is 12.7 Å². The third kappa shape index (κ3) is 5.24. The van der Waals surface area contributed by atoms with Crippen molar-refractivity contribution in [3.8, 4) is 0 Å². The molecule has 1 aromatic rings. The van der Waals surface area contributed by atoms with Gasteiger partial charge in [0, 0.05) is 25.0 Å². The molecule has 0 spiro atoms. The second-order valence-electron chi connectivity index (χ2n) is 8.59. The van der Waals surface area contributed by atoms with Crippen LogP contribution in [-0.4, -0.2) is 38.0 Å². The fourth-order valence-corrected chi connectivity index (χ4v) is 4.62. The zero-order valence-electron chi connectivity index (χ0n) is 16.3. The molecule has 2 saturated heterocycles. The summed E-state index contributed by atoms with van der Waals surface area (Å²) in [4.78, 5) is 0. The molecule has 3 rings (SSSR count). The summed E-state index contributed by atoms with van der Waals surface area (Å²) in [6.45, 7) is 7.30. The highest BCUT2D eigenvalue weighted by molar-refractivity contribution is 5.33. The standard InChI is InChI=1S/C21H30F3NO2/c1-19(2)15-20(9-12-27-19,8-10-25-14-18-7-4-11-26-18)16-5-3-6-17(13-16)21(22,23)24/h3,5-6,13,18,25H,4,7-12,14-15H2,1-2H3/p+1/t18-,20-/m1/s1. The molecule has 2 aliphatic rings. The van der Waals surface area contributed by atoms with Gasteiger partial charge < -0.3 is 14.8 Å². The van der Waals surface area contributed by atoms with Crippen LogP contribution in [0.25, 0.3) is 0 Å². The van der Waals surface area contributed by atoms with Crippen LogP contribution in [0.4, 0.5) is 13.2 Å². The maximum Gasteiger partial charge on any atom is 0.416 e. The number of hydrogen-bond donors (Lipinski definition) is 1. The molecular weight excluding hydrogens is 355 g/mol. The van der Waals surface area contributed by atoms with Gasteiger partial charge in [-0.2, -0.15) is 13.2 Å². The van der Waals surface area contributed by atoms with E-state index in [1.165, 1.54) is 6.07 Å². The van der Waals surface area contributed by atoms with Gasteiger partial charge in [-0.1, -0.05) is 18.2 Å². The summed E-state index contributed by atoms with van der Waals surface area (Å²) in [6.07, 6.45) is 0.563. The molecule has 2 N–H and O–H groups in total. The van der Waals surface area contributed by atoms with Crippen LogP contribution in [0, 0.1) is 0 Å². The third-order valence-corrected chi connectivity index (χ3v) is 5.92. The van der Waals surface area contributed by atoms with Gasteiger partial charge in [-0.3, -0.25) is 0 Å². The van der Waals surface area contributed by atoms with Crippen molar-refractivity contribution in [3.63, 3.8) is 0 Å². The molecule has 0 bridgehead atoms. The second-order valence-corrected chi connectivity index (χ2v) is 8.59. The van der Waals surface area contributed by atoms with E-state index < -0.39 is 11.7 Å². The number of benzene rings is 1. The first-order valence-corrected chi connectivity index (χ1v) is 9.95. The van der Waals surface area contributed by atoms with Crippen LogP contribution < -0.4 is 5.32 Å². The Morgan fingerprint density at radius 1 is 1.22 bits per heavy atom. The van der Waals surface area contributed by atoms with Gasteiger partial charge in [-0.25, -0.2) is 0 Å². The SMILES string of the molecule is CC1(C)C[C@](CC[NH2+]C[C@H]2CCCO2)(c2cccc(C(F)(F)F)c2)CCO1. The zero-order valence-corrected chi connectivity index (χ0v) is 16.3. The molecule has 27 heavy (non-hydrogen) atoms. The molecule has 0 aliphatic carbocycles. The summed E-state index contributed by atoms with van der Waals surface area (Å²) in [6, 6.07) is 5.90. The van der Waals surface area contributed by atoms with Crippen molar-refractivity contribution in [2.24, 2.45) is 0 Å². The first-order valence-electron chi connectivity index (χ1n) is 9.95. The molecule has 2 fully saturated rings. The summed E-state index contributed by atoms with van der Waals surface area (Å²) in [7, 11) is 0. The molecule has 0 amide bonds. The fourth-order valence-electron chi connectivity index (χ4n) is 4.62. The number of alkyl halides is 3. The molecule has 0 radical (unpaired) electrons. The van der Waals surface area contributed by atoms with Crippen LogP contribution in [0.5, 0.6) is 0 Å². The van der Waals surface area contributed by atoms with Crippen LogP contribution in [0.2, 0.25) is 0 Å². The maximum atomic E-state index is 13.2. The van der Waals surface area contributed by atoms with Gasteiger partial charge in [0.1, 0.15) is 12.6 Å². The highest BCUT2D eigenvalue weighted by Gasteiger charge is 2.43. The van der Waals surface area contributed by atoms with E-state index >= 15 is 0 Å². The van der Waals surface area contributed by atoms with E-state index in [-0.39, 0.29) is 11.0 Å². The summed E-state index contributed by atoms with van der Waals surface area (Å²) in [5.41, 5.74) is -0.386. The molecule has 0 unspecified atom stereocenters. The van der Waals surface area contributed by atoms with Gasteiger partial charge in [0.25, 0.3) is 0 Å². The Bertz CT molecular complexity index is 626. The Labute approximate surface area is 159 Å². The second kappa shape index (κ2) is 8.10. The van der Waals surface area contributed by atoms with Gasteiger partial charge in [-0.05, 0) is 51.2 Å². The fraction of sp³-hybridized carbons (Fsp3) is 0.714. The van der Waals surface area contributed by atoms with Crippen molar-refractivity contribution in [2.75, 3.05) is 26.3 Å². The van der Waals surface area contributed by atoms with Crippen LogP contribution in [-0.2, 0) is 21.1 Å². The lowest BCUT2D eigenvalue weighted by Gasteiger charge is -2.45. The first kappa shape index (κ1) is 20.6. The van der Waals surface area contributed by atoms with Crippen LogP contribution in [0.1, 0.15) is 57.1 Å². The third-order valence-electron chi connectivity index (χ3n) is 5.92. The van der Waals surface area contributed by atoms with Crippen LogP contribution in [0.15, 0.2) is 24.3 Å². The van der Waals surface area contributed by atoms with Crippen LogP contribution >= 0.6 is 0 Å². The smallest absolute Gasteiger partial charge is 0.376 e. The highest BCUT2D eigenvalue weighted by Crippen LogP contribution is 2.44. The van der Waals surface area contributed by atoms with Gasteiger partial charge in [0.05, 0.1) is 17.7 Å². The molecule has 152 valence electrons. The quantitative estimate of drug-likeness (QED) is 0.758. The molecule has 0 aromatic heterocycles. The zero-order chi connectivity index (χ0) is 19.5. The summed E-state index contributed by atoms with van der Waals surface area (Å²) in [5, 5.41) is 2.26. The van der Waals surface area contributed by atoms with Gasteiger partial charge in [0.15, 0.2) is 0 Å². The van der Waals surface area contributed by atoms with E-state index in [9.17, 15) is 13.2 Å². The van der Waals surface area contributed by atoms with Crippen molar-refractivity contribution >= 4 is 0 Å². The highest BCUT2D eigenvalue weighted by atomic mass is 19.4. The Balaban J connectivity index is 1.76. The van der Waals surface area contributed by atoms with Gasteiger partial charge >= 0.3 is 6.18 Å². The molecule has 2 atom stereocenters. The molecule has 2 aliphatic heterocycles. The van der Waals surface area contributed by atoms with E-state index in [1.807, 2.05) is 19.9 Å². The number of quaternary nitrogens is 1. The van der Waals surface area contributed by atoms with Crippen molar-refractivity contribution in [3.05, 3.63) is 35.4 Å². The van der Waals surface area contributed by atoms with E-state index in [2.05, 4.69) is 5.32 Å². The number of halogens is 3. The predicted octanol–water partition coefficient (Wildman–Crippen LogP) is 3.66. The topological polar surface area (TPSA) is 35.1 Å². The summed E-state index contributed by atoms with van der Waals surface area (Å²) in [5.74, 6) is 0. The minimum absolute atomic E-state index is 0.282. The van der Waals surface area contributed by atoms with E-state index in [0.717, 1.165) is 63.4 Å². The minimum atomic E-state index is -4.32. The monoisotopic (exact) mass is 386 g/mol. The largest absolute Gasteiger partial charge is 0.416 e. The lowest BCUT2D eigenvalue weighted by molar-refractivity contribution is -0.662. The Hall–Kier alpha value is -1.11. The molecule has 3 nitrogen and oxygen atoms in total. The molecule has 6 heteroatoms. The van der Waals surface area contributed by atoms with E-state index in [4.69, 9.17) is 9.47 Å². The predicted molar refractivity (Wildman–Crippen MR) is 97.6 cm³/mol. The summed E-state index contributed by atoms with van der Waals surface area (Å²) < 4.78 is 51.3. The van der Waals surface area contributed by atoms with E-state index in [1.54, 1.807) is 6.07 Å². The van der Waals surface area contributed by atoms with Crippen molar-refractivity contribution in [2.45, 2.75) is 69.2 Å². The van der Waals surface area contributed by atoms with Crippen molar-refractivity contribution < 1.29 is 28.0 Å². The maximum absolute atomic E-state index is 13.2. The number of nitrogens with two attached hydrogens (primary N) is 1. The number of rotatable bonds is 6. The number of hydrogen-bond acceptors (Lipinski definition) is 2. The number of ether oxygens (including phenoxy) is 2. The lowest BCUT2D eigenvalue weighted by atomic mass is 9.67. The van der Waals surface area contributed by atoms with Crippen LogP contribution in [0.3, 0.4) is 0 Å². The normalized spacial score (nSPS) is 28.4. The first-order chi connectivity index (χ1) is 12.7. The van der Waals surface area contributed by atoms with Crippen molar-refractivity contribution in [1.29, 1.82) is 0 Å². The Morgan fingerprint density at radius 2 is 2.04 bits per heavy atom. The lowest BCUT2D eigenvalue weighted by Crippen LogP contribution is -2.86. The minimum Gasteiger partial charge on any atom is -0.376 e. The van der Waals surface area contributed by atoms with Crippen molar-refractivity contribution in [1.82, 2.24) is 0 Å². The molecular formula is C21H31F3NO2+. The average Bonchev–Trinajstić information content (AvgIpc) is 3.11. The Kier molecular flexibility index (Phi) is 6.18.